The van der Waals surface area contributed by atoms with Crippen LogP contribution in [0.5, 0.6) is 0 Å². The highest BCUT2D eigenvalue weighted by atomic mass is 16.1. The van der Waals surface area contributed by atoms with Crippen LogP contribution in [0.1, 0.15) is 37.5 Å². The van der Waals surface area contributed by atoms with E-state index in [2.05, 4.69) is 44.3 Å². The van der Waals surface area contributed by atoms with E-state index in [4.69, 9.17) is 5.26 Å². The number of hydrogen-bond acceptors (Lipinski definition) is 2. The van der Waals surface area contributed by atoms with Gasteiger partial charge in [0.05, 0.1) is 12.5 Å². The standard InChI is InChI=1S/C21H22N2O/c1-21(2,3)18-11-8-16(9-12-18)10-13-20(24)23-19-7-5-4-6-17(19)14-15-22/h4-13H,14H2,1-3H3,(H,23,24)/b13-10+. The Morgan fingerprint density at radius 1 is 1.12 bits per heavy atom. The average molecular weight is 318 g/mol. The number of nitriles is 1. The lowest BCUT2D eigenvalue weighted by atomic mass is 9.87. The fourth-order valence-electron chi connectivity index (χ4n) is 2.32. The molecule has 2 aromatic rings. The lowest BCUT2D eigenvalue weighted by Crippen LogP contribution is -2.10. The summed E-state index contributed by atoms with van der Waals surface area (Å²) in [5, 5.41) is 11.7. The lowest BCUT2D eigenvalue weighted by Gasteiger charge is -2.18. The molecule has 1 amide bonds. The fraction of sp³-hybridized carbons (Fsp3) is 0.238. The summed E-state index contributed by atoms with van der Waals surface area (Å²) in [6.07, 6.45) is 3.57. The second-order valence-electron chi connectivity index (χ2n) is 6.69. The van der Waals surface area contributed by atoms with E-state index in [9.17, 15) is 4.79 Å². The van der Waals surface area contributed by atoms with Gasteiger partial charge in [-0.3, -0.25) is 4.79 Å². The van der Waals surface area contributed by atoms with Gasteiger partial charge in [-0.05, 0) is 34.2 Å². The first-order chi connectivity index (χ1) is 11.4. The number of hydrogen-bond donors (Lipinski definition) is 1. The van der Waals surface area contributed by atoms with Crippen LogP contribution < -0.4 is 5.32 Å². The molecule has 0 spiro atoms. The molecule has 3 nitrogen and oxygen atoms in total. The van der Waals surface area contributed by atoms with Crippen molar-refractivity contribution in [3.8, 4) is 6.07 Å². The highest BCUT2D eigenvalue weighted by Gasteiger charge is 2.12. The average Bonchev–Trinajstić information content (AvgIpc) is 2.55. The van der Waals surface area contributed by atoms with Gasteiger partial charge in [-0.1, -0.05) is 63.2 Å². The van der Waals surface area contributed by atoms with Crippen LogP contribution in [0.2, 0.25) is 0 Å². The number of rotatable bonds is 4. The van der Waals surface area contributed by atoms with Crippen LogP contribution in [0, 0.1) is 11.3 Å². The van der Waals surface area contributed by atoms with Gasteiger partial charge in [-0.2, -0.15) is 5.26 Å². The molecule has 0 aliphatic carbocycles. The minimum atomic E-state index is -0.208. The van der Waals surface area contributed by atoms with Gasteiger partial charge in [0.15, 0.2) is 0 Å². The maximum atomic E-state index is 12.1. The third-order valence-corrected chi connectivity index (χ3v) is 3.75. The first-order valence-electron chi connectivity index (χ1n) is 7.94. The summed E-state index contributed by atoms with van der Waals surface area (Å²) in [6, 6.07) is 17.6. The van der Waals surface area contributed by atoms with Crippen molar-refractivity contribution >= 4 is 17.7 Å². The summed E-state index contributed by atoms with van der Waals surface area (Å²) in [5.41, 5.74) is 3.84. The molecule has 0 aliphatic rings. The van der Waals surface area contributed by atoms with Crippen molar-refractivity contribution in [1.82, 2.24) is 0 Å². The Balaban J connectivity index is 2.05. The molecule has 0 bridgehead atoms. The molecule has 1 N–H and O–H groups in total. The zero-order valence-electron chi connectivity index (χ0n) is 14.3. The molecule has 2 aromatic carbocycles. The molecule has 0 atom stereocenters. The molecule has 0 radical (unpaired) electrons. The van der Waals surface area contributed by atoms with Crippen LogP contribution in [0.3, 0.4) is 0 Å². The van der Waals surface area contributed by atoms with E-state index in [0.29, 0.717) is 5.69 Å². The normalized spacial score (nSPS) is 11.2. The molecular weight excluding hydrogens is 296 g/mol. The highest BCUT2D eigenvalue weighted by Crippen LogP contribution is 2.22. The van der Waals surface area contributed by atoms with Crippen LogP contribution in [-0.4, -0.2) is 5.91 Å². The van der Waals surface area contributed by atoms with E-state index in [-0.39, 0.29) is 17.7 Å². The Kier molecular flexibility index (Phi) is 5.55. The van der Waals surface area contributed by atoms with Crippen molar-refractivity contribution in [2.24, 2.45) is 0 Å². The third kappa shape index (κ3) is 4.82. The predicted octanol–water partition coefficient (Wildman–Crippen LogP) is 4.70. The zero-order valence-corrected chi connectivity index (χ0v) is 14.3. The molecule has 0 fully saturated rings. The summed E-state index contributed by atoms with van der Waals surface area (Å²) in [6.45, 7) is 6.51. The summed E-state index contributed by atoms with van der Waals surface area (Å²) in [7, 11) is 0. The zero-order chi connectivity index (χ0) is 17.6. The van der Waals surface area contributed by atoms with Crippen LogP contribution in [0.25, 0.3) is 6.08 Å². The number of para-hydroxylation sites is 1. The molecule has 0 saturated carbocycles. The monoisotopic (exact) mass is 318 g/mol. The minimum Gasteiger partial charge on any atom is -0.322 e. The first-order valence-corrected chi connectivity index (χ1v) is 7.94. The fourth-order valence-corrected chi connectivity index (χ4v) is 2.32. The number of carbonyl (C=O) groups is 1. The second-order valence-corrected chi connectivity index (χ2v) is 6.69. The molecule has 24 heavy (non-hydrogen) atoms. The van der Waals surface area contributed by atoms with E-state index in [1.807, 2.05) is 30.3 Å². The predicted molar refractivity (Wildman–Crippen MR) is 98.6 cm³/mol. The van der Waals surface area contributed by atoms with Crippen LogP contribution in [0.4, 0.5) is 5.69 Å². The van der Waals surface area contributed by atoms with Gasteiger partial charge in [0.25, 0.3) is 0 Å². The van der Waals surface area contributed by atoms with Gasteiger partial charge in [0.2, 0.25) is 5.91 Å². The Labute approximate surface area is 143 Å². The Hall–Kier alpha value is -2.86. The van der Waals surface area contributed by atoms with Gasteiger partial charge in [-0.15, -0.1) is 0 Å². The maximum Gasteiger partial charge on any atom is 0.248 e. The Bertz CT molecular complexity index is 775. The Morgan fingerprint density at radius 3 is 2.42 bits per heavy atom. The van der Waals surface area contributed by atoms with E-state index >= 15 is 0 Å². The van der Waals surface area contributed by atoms with Gasteiger partial charge in [-0.25, -0.2) is 0 Å². The molecule has 3 heteroatoms. The first kappa shape index (κ1) is 17.5. The van der Waals surface area contributed by atoms with Crippen molar-refractivity contribution in [3.05, 3.63) is 71.3 Å². The van der Waals surface area contributed by atoms with Crippen molar-refractivity contribution in [1.29, 1.82) is 5.26 Å². The van der Waals surface area contributed by atoms with Gasteiger partial charge in [0, 0.05) is 11.8 Å². The number of carbonyl (C=O) groups excluding carboxylic acids is 1. The van der Waals surface area contributed by atoms with E-state index < -0.39 is 0 Å². The number of benzene rings is 2. The lowest BCUT2D eigenvalue weighted by molar-refractivity contribution is -0.111. The van der Waals surface area contributed by atoms with E-state index in [0.717, 1.165) is 11.1 Å². The van der Waals surface area contributed by atoms with Crippen molar-refractivity contribution in [3.63, 3.8) is 0 Å². The van der Waals surface area contributed by atoms with Crippen molar-refractivity contribution < 1.29 is 4.79 Å². The number of nitrogens with one attached hydrogen (secondary N) is 1. The van der Waals surface area contributed by atoms with E-state index in [1.165, 1.54) is 11.6 Å². The van der Waals surface area contributed by atoms with Crippen LogP contribution >= 0.6 is 0 Å². The van der Waals surface area contributed by atoms with Crippen molar-refractivity contribution in [2.75, 3.05) is 5.32 Å². The summed E-state index contributed by atoms with van der Waals surface area (Å²) in [4.78, 5) is 12.1. The molecule has 0 saturated heterocycles. The molecule has 0 heterocycles. The van der Waals surface area contributed by atoms with Gasteiger partial charge in [0.1, 0.15) is 0 Å². The van der Waals surface area contributed by atoms with E-state index in [1.54, 1.807) is 12.1 Å². The number of amides is 1. The third-order valence-electron chi connectivity index (χ3n) is 3.75. The van der Waals surface area contributed by atoms with Gasteiger partial charge < -0.3 is 5.32 Å². The number of anilines is 1. The van der Waals surface area contributed by atoms with Crippen LogP contribution in [0.15, 0.2) is 54.6 Å². The summed E-state index contributed by atoms with van der Waals surface area (Å²) in [5.74, 6) is -0.208. The highest BCUT2D eigenvalue weighted by molar-refractivity contribution is 6.02. The summed E-state index contributed by atoms with van der Waals surface area (Å²) >= 11 is 0. The SMILES string of the molecule is CC(C)(C)c1ccc(/C=C/C(=O)Nc2ccccc2CC#N)cc1. The Morgan fingerprint density at radius 2 is 1.79 bits per heavy atom. The molecule has 122 valence electrons. The maximum absolute atomic E-state index is 12.1. The topological polar surface area (TPSA) is 52.9 Å². The van der Waals surface area contributed by atoms with Crippen LogP contribution in [-0.2, 0) is 16.6 Å². The molecule has 2 rings (SSSR count). The van der Waals surface area contributed by atoms with Gasteiger partial charge >= 0.3 is 0 Å². The largest absolute Gasteiger partial charge is 0.322 e. The quantitative estimate of drug-likeness (QED) is 0.831. The molecule has 0 unspecified atom stereocenters. The molecule has 0 aliphatic heterocycles. The summed E-state index contributed by atoms with van der Waals surface area (Å²) < 4.78 is 0. The smallest absolute Gasteiger partial charge is 0.248 e. The second kappa shape index (κ2) is 7.61. The molecule has 0 aromatic heterocycles. The minimum absolute atomic E-state index is 0.115. The number of nitrogens with zero attached hydrogens (tertiary/aromatic N) is 1. The molecular formula is C21H22N2O. The van der Waals surface area contributed by atoms with Crippen molar-refractivity contribution in [2.45, 2.75) is 32.6 Å².